The number of benzene rings is 2. The van der Waals surface area contributed by atoms with Gasteiger partial charge in [0.2, 0.25) is 5.96 Å². The van der Waals surface area contributed by atoms with Crippen LogP contribution in [0.5, 0.6) is 23.0 Å². The zero-order chi connectivity index (χ0) is 23.0. The first-order chi connectivity index (χ1) is 16.2. The van der Waals surface area contributed by atoms with E-state index in [1.54, 1.807) is 30.5 Å². The van der Waals surface area contributed by atoms with Crippen LogP contribution in [0.15, 0.2) is 65.8 Å². The van der Waals surface area contributed by atoms with Gasteiger partial charge >= 0.3 is 0 Å². The minimum absolute atomic E-state index is 0.261. The molecule has 0 saturated heterocycles. The molecule has 1 amide bonds. The van der Waals surface area contributed by atoms with E-state index in [9.17, 15) is 4.79 Å². The summed E-state index contributed by atoms with van der Waals surface area (Å²) < 4.78 is 21.8. The standard InChI is InChI=1S/C24H24N4O5/c1-30-19-8-6-16(13-21(19)31-2)23(29)28-24(26-15-18-5-3-4-10-25-18)27-17-7-9-20-22(14-17)33-12-11-32-20/h3-10,13-14H,11-12,15H2,1-2H3,(H2,26,27,28,29). The number of hydrogen-bond acceptors (Lipinski definition) is 7. The molecular weight excluding hydrogens is 424 g/mol. The molecule has 1 aromatic heterocycles. The van der Waals surface area contributed by atoms with Crippen LogP contribution in [0.4, 0.5) is 5.69 Å². The van der Waals surface area contributed by atoms with E-state index in [1.165, 1.54) is 14.2 Å². The maximum absolute atomic E-state index is 13.0. The topological polar surface area (TPSA) is 103 Å². The molecular formula is C24H24N4O5. The van der Waals surface area contributed by atoms with Gasteiger partial charge in [-0.15, -0.1) is 0 Å². The highest BCUT2D eigenvalue weighted by atomic mass is 16.6. The van der Waals surface area contributed by atoms with E-state index in [-0.39, 0.29) is 18.4 Å². The van der Waals surface area contributed by atoms with Gasteiger partial charge in [-0.25, -0.2) is 4.99 Å². The molecule has 2 aromatic carbocycles. The fourth-order valence-electron chi connectivity index (χ4n) is 3.18. The lowest BCUT2D eigenvalue weighted by Crippen LogP contribution is -2.36. The third-order valence-corrected chi connectivity index (χ3v) is 4.81. The van der Waals surface area contributed by atoms with Crippen LogP contribution in [0.25, 0.3) is 0 Å². The summed E-state index contributed by atoms with van der Waals surface area (Å²) in [6.45, 7) is 1.27. The van der Waals surface area contributed by atoms with Gasteiger partial charge in [-0.2, -0.15) is 0 Å². The number of nitrogens with zero attached hydrogens (tertiary/aromatic N) is 2. The number of amides is 1. The van der Waals surface area contributed by atoms with E-state index < -0.39 is 0 Å². The highest BCUT2D eigenvalue weighted by Crippen LogP contribution is 2.32. The molecule has 0 radical (unpaired) electrons. The number of anilines is 1. The van der Waals surface area contributed by atoms with Gasteiger partial charge in [0.25, 0.3) is 5.91 Å². The minimum Gasteiger partial charge on any atom is -0.493 e. The maximum Gasteiger partial charge on any atom is 0.258 e. The summed E-state index contributed by atoms with van der Waals surface area (Å²) in [6.07, 6.45) is 1.70. The van der Waals surface area contributed by atoms with Crippen molar-refractivity contribution in [2.75, 3.05) is 32.8 Å². The second-order valence-electron chi connectivity index (χ2n) is 6.99. The lowest BCUT2D eigenvalue weighted by molar-refractivity contribution is 0.0976. The Labute approximate surface area is 191 Å². The van der Waals surface area contributed by atoms with Crippen molar-refractivity contribution < 1.29 is 23.7 Å². The Morgan fingerprint density at radius 2 is 1.82 bits per heavy atom. The quantitative estimate of drug-likeness (QED) is 0.441. The molecule has 4 rings (SSSR count). The Morgan fingerprint density at radius 1 is 1.00 bits per heavy atom. The van der Waals surface area contributed by atoms with Crippen LogP contribution in [-0.2, 0) is 6.54 Å². The third-order valence-electron chi connectivity index (χ3n) is 4.81. The molecule has 3 aromatic rings. The number of nitrogens with one attached hydrogen (secondary N) is 2. The number of hydrogen-bond donors (Lipinski definition) is 2. The highest BCUT2D eigenvalue weighted by Gasteiger charge is 2.15. The zero-order valence-corrected chi connectivity index (χ0v) is 18.3. The summed E-state index contributed by atoms with van der Waals surface area (Å²) in [5.41, 5.74) is 1.84. The molecule has 0 saturated carbocycles. The first-order valence-corrected chi connectivity index (χ1v) is 10.3. The first kappa shape index (κ1) is 21.9. The average Bonchev–Trinajstić information content (AvgIpc) is 2.87. The molecule has 1 aliphatic heterocycles. The van der Waals surface area contributed by atoms with Crippen molar-refractivity contribution in [3.8, 4) is 23.0 Å². The van der Waals surface area contributed by atoms with Crippen LogP contribution >= 0.6 is 0 Å². The molecule has 1 aliphatic rings. The van der Waals surface area contributed by atoms with E-state index in [2.05, 4.69) is 20.6 Å². The summed E-state index contributed by atoms with van der Waals surface area (Å²) in [7, 11) is 3.06. The number of aliphatic imine (C=N–C) groups is 1. The van der Waals surface area contributed by atoms with Crippen LogP contribution < -0.4 is 29.6 Å². The molecule has 0 atom stereocenters. The van der Waals surface area contributed by atoms with Gasteiger partial charge in [0.1, 0.15) is 13.2 Å². The summed E-state index contributed by atoms with van der Waals surface area (Å²) in [6, 6.07) is 15.9. The van der Waals surface area contributed by atoms with Crippen LogP contribution in [0.3, 0.4) is 0 Å². The van der Waals surface area contributed by atoms with Crippen LogP contribution in [0.1, 0.15) is 16.1 Å². The van der Waals surface area contributed by atoms with E-state index in [0.717, 1.165) is 5.69 Å². The molecule has 0 bridgehead atoms. The molecule has 0 unspecified atom stereocenters. The molecule has 33 heavy (non-hydrogen) atoms. The predicted molar refractivity (Wildman–Crippen MR) is 123 cm³/mol. The minimum atomic E-state index is -0.360. The van der Waals surface area contributed by atoms with Gasteiger partial charge in [0.15, 0.2) is 23.0 Å². The number of methoxy groups -OCH3 is 2. The van der Waals surface area contributed by atoms with Crippen molar-refractivity contribution >= 4 is 17.6 Å². The van der Waals surface area contributed by atoms with E-state index in [1.807, 2.05) is 30.3 Å². The van der Waals surface area contributed by atoms with Crippen molar-refractivity contribution in [1.29, 1.82) is 0 Å². The SMILES string of the molecule is COc1ccc(C(=O)NC(=NCc2ccccn2)Nc2ccc3c(c2)OCCO3)cc1OC. The van der Waals surface area contributed by atoms with Gasteiger partial charge in [-0.1, -0.05) is 6.07 Å². The van der Waals surface area contributed by atoms with Gasteiger partial charge in [0.05, 0.1) is 26.5 Å². The number of aromatic nitrogens is 1. The van der Waals surface area contributed by atoms with Crippen LogP contribution in [-0.4, -0.2) is 44.3 Å². The Balaban J connectivity index is 1.56. The molecule has 2 N–H and O–H groups in total. The van der Waals surface area contributed by atoms with Gasteiger partial charge in [0, 0.05) is 23.5 Å². The second-order valence-corrected chi connectivity index (χ2v) is 6.99. The fraction of sp³-hybridized carbons (Fsp3) is 0.208. The number of carbonyl (C=O) groups excluding carboxylic acids is 1. The fourth-order valence-corrected chi connectivity index (χ4v) is 3.18. The molecule has 0 fully saturated rings. The molecule has 2 heterocycles. The number of rotatable bonds is 6. The van der Waals surface area contributed by atoms with Crippen molar-refractivity contribution in [3.05, 3.63) is 72.1 Å². The Morgan fingerprint density at radius 3 is 2.58 bits per heavy atom. The molecule has 170 valence electrons. The number of carbonyl (C=O) groups is 1. The van der Waals surface area contributed by atoms with Gasteiger partial charge in [-0.05, 0) is 42.5 Å². The summed E-state index contributed by atoms with van der Waals surface area (Å²) in [4.78, 5) is 21.8. The Hall–Kier alpha value is -4.27. The third kappa shape index (κ3) is 5.51. The number of guanidine groups is 1. The highest BCUT2D eigenvalue weighted by molar-refractivity contribution is 6.10. The summed E-state index contributed by atoms with van der Waals surface area (Å²) >= 11 is 0. The van der Waals surface area contributed by atoms with Crippen molar-refractivity contribution in [2.45, 2.75) is 6.54 Å². The maximum atomic E-state index is 13.0. The molecule has 9 nitrogen and oxygen atoms in total. The molecule has 0 aliphatic carbocycles. The zero-order valence-electron chi connectivity index (χ0n) is 18.3. The smallest absolute Gasteiger partial charge is 0.258 e. The molecule has 0 spiro atoms. The van der Waals surface area contributed by atoms with Gasteiger partial charge < -0.3 is 24.3 Å². The largest absolute Gasteiger partial charge is 0.493 e. The van der Waals surface area contributed by atoms with Crippen molar-refractivity contribution in [1.82, 2.24) is 10.3 Å². The Bertz CT molecular complexity index is 1150. The second kappa shape index (κ2) is 10.4. The first-order valence-electron chi connectivity index (χ1n) is 10.3. The van der Waals surface area contributed by atoms with Crippen molar-refractivity contribution in [2.24, 2.45) is 4.99 Å². The lowest BCUT2D eigenvalue weighted by Gasteiger charge is -2.19. The lowest BCUT2D eigenvalue weighted by atomic mass is 10.2. The van der Waals surface area contributed by atoms with Crippen LogP contribution in [0, 0.1) is 0 Å². The predicted octanol–water partition coefficient (Wildman–Crippen LogP) is 3.27. The Kier molecular flexibility index (Phi) is 6.89. The number of fused-ring (bicyclic) bond motifs is 1. The normalized spacial score (nSPS) is 12.6. The number of pyridine rings is 1. The average molecular weight is 448 g/mol. The van der Waals surface area contributed by atoms with Gasteiger partial charge in [-0.3, -0.25) is 15.1 Å². The van der Waals surface area contributed by atoms with E-state index in [0.29, 0.717) is 47.5 Å². The van der Waals surface area contributed by atoms with E-state index in [4.69, 9.17) is 18.9 Å². The van der Waals surface area contributed by atoms with E-state index >= 15 is 0 Å². The summed E-state index contributed by atoms with van der Waals surface area (Å²) in [5, 5.41) is 5.97. The van der Waals surface area contributed by atoms with Crippen LogP contribution in [0.2, 0.25) is 0 Å². The summed E-state index contributed by atoms with van der Waals surface area (Å²) in [5.74, 6) is 2.19. The van der Waals surface area contributed by atoms with Crippen molar-refractivity contribution in [3.63, 3.8) is 0 Å². The monoisotopic (exact) mass is 448 g/mol. The molecule has 9 heteroatoms. The number of ether oxygens (including phenoxy) is 4.